The van der Waals surface area contributed by atoms with Gasteiger partial charge in [-0.2, -0.15) is 0 Å². The third-order valence-electron chi connectivity index (χ3n) is 1.79. The van der Waals surface area contributed by atoms with Crippen LogP contribution in [0.15, 0.2) is 24.3 Å². The number of carbonyl (C=O) groups is 1. The highest BCUT2D eigenvalue weighted by atomic mass is 16.5. The summed E-state index contributed by atoms with van der Waals surface area (Å²) in [4.78, 5) is 11.4. The SMILES string of the molecule is CC(C)Oc1ccc(C(=O)N(C)N)cc1. The predicted molar refractivity (Wildman–Crippen MR) is 58.5 cm³/mol. The molecule has 0 bridgehead atoms. The van der Waals surface area contributed by atoms with Gasteiger partial charge in [-0.05, 0) is 38.1 Å². The van der Waals surface area contributed by atoms with E-state index in [1.807, 2.05) is 13.8 Å². The molecule has 0 aromatic heterocycles. The summed E-state index contributed by atoms with van der Waals surface area (Å²) < 4.78 is 5.45. The van der Waals surface area contributed by atoms with Gasteiger partial charge in [-0.1, -0.05) is 0 Å². The molecule has 0 spiro atoms. The molecule has 4 nitrogen and oxygen atoms in total. The van der Waals surface area contributed by atoms with E-state index >= 15 is 0 Å². The van der Waals surface area contributed by atoms with Crippen LogP contribution in [0.3, 0.4) is 0 Å². The fourth-order valence-electron chi connectivity index (χ4n) is 1.15. The molecule has 1 aromatic carbocycles. The number of rotatable bonds is 3. The number of hydrogen-bond donors (Lipinski definition) is 1. The van der Waals surface area contributed by atoms with Crippen molar-refractivity contribution in [3.63, 3.8) is 0 Å². The van der Waals surface area contributed by atoms with Gasteiger partial charge in [-0.15, -0.1) is 0 Å². The van der Waals surface area contributed by atoms with Crippen LogP contribution in [0.5, 0.6) is 5.75 Å². The molecule has 0 heterocycles. The molecule has 15 heavy (non-hydrogen) atoms. The predicted octanol–water partition coefficient (Wildman–Crippen LogP) is 1.42. The van der Waals surface area contributed by atoms with Crippen molar-refractivity contribution in [1.29, 1.82) is 0 Å². The van der Waals surface area contributed by atoms with Crippen molar-refractivity contribution in [2.45, 2.75) is 20.0 Å². The Morgan fingerprint density at radius 1 is 1.33 bits per heavy atom. The van der Waals surface area contributed by atoms with Gasteiger partial charge >= 0.3 is 0 Å². The molecule has 4 heteroatoms. The molecule has 1 amide bonds. The maximum Gasteiger partial charge on any atom is 0.267 e. The first-order valence-electron chi connectivity index (χ1n) is 4.80. The first-order valence-corrected chi connectivity index (χ1v) is 4.80. The summed E-state index contributed by atoms with van der Waals surface area (Å²) in [5.74, 6) is 5.87. The molecule has 0 saturated heterocycles. The van der Waals surface area contributed by atoms with E-state index in [2.05, 4.69) is 0 Å². The third kappa shape index (κ3) is 3.25. The number of ether oxygens (including phenoxy) is 1. The van der Waals surface area contributed by atoms with Crippen LogP contribution in [0.25, 0.3) is 0 Å². The van der Waals surface area contributed by atoms with Crippen LogP contribution >= 0.6 is 0 Å². The van der Waals surface area contributed by atoms with Crippen LogP contribution in [-0.2, 0) is 0 Å². The minimum atomic E-state index is -0.217. The highest BCUT2D eigenvalue weighted by molar-refractivity contribution is 5.93. The highest BCUT2D eigenvalue weighted by Gasteiger charge is 2.08. The molecule has 1 aromatic rings. The van der Waals surface area contributed by atoms with E-state index in [-0.39, 0.29) is 12.0 Å². The van der Waals surface area contributed by atoms with E-state index in [1.54, 1.807) is 24.3 Å². The minimum Gasteiger partial charge on any atom is -0.491 e. The second-order valence-corrected chi connectivity index (χ2v) is 3.61. The molecule has 0 atom stereocenters. The zero-order valence-electron chi connectivity index (χ0n) is 9.23. The van der Waals surface area contributed by atoms with Crippen molar-refractivity contribution in [2.24, 2.45) is 5.84 Å². The minimum absolute atomic E-state index is 0.128. The first kappa shape index (κ1) is 11.5. The zero-order chi connectivity index (χ0) is 11.4. The zero-order valence-corrected chi connectivity index (χ0v) is 9.23. The lowest BCUT2D eigenvalue weighted by Gasteiger charge is -2.12. The van der Waals surface area contributed by atoms with E-state index in [4.69, 9.17) is 10.6 Å². The Balaban J connectivity index is 2.76. The van der Waals surface area contributed by atoms with Gasteiger partial charge in [0.2, 0.25) is 0 Å². The van der Waals surface area contributed by atoms with E-state index < -0.39 is 0 Å². The van der Waals surface area contributed by atoms with Gasteiger partial charge in [-0.3, -0.25) is 9.80 Å². The average molecular weight is 208 g/mol. The van der Waals surface area contributed by atoms with Crippen molar-refractivity contribution >= 4 is 5.91 Å². The number of benzene rings is 1. The number of hydrogen-bond acceptors (Lipinski definition) is 3. The summed E-state index contributed by atoms with van der Waals surface area (Å²) in [6, 6.07) is 6.92. The van der Waals surface area contributed by atoms with Crippen molar-refractivity contribution in [1.82, 2.24) is 5.01 Å². The standard InChI is InChI=1S/C11H16N2O2/c1-8(2)15-10-6-4-9(5-7-10)11(14)13(3)12/h4-8H,12H2,1-3H3. The van der Waals surface area contributed by atoms with Gasteiger partial charge in [0.05, 0.1) is 6.10 Å². The molecule has 0 aliphatic heterocycles. The van der Waals surface area contributed by atoms with Crippen LogP contribution in [-0.4, -0.2) is 24.1 Å². The van der Waals surface area contributed by atoms with Gasteiger partial charge in [0.15, 0.2) is 0 Å². The molecule has 0 radical (unpaired) electrons. The Morgan fingerprint density at radius 2 is 1.87 bits per heavy atom. The lowest BCUT2D eigenvalue weighted by Crippen LogP contribution is -2.32. The lowest BCUT2D eigenvalue weighted by atomic mass is 10.2. The molecule has 0 fully saturated rings. The summed E-state index contributed by atoms with van der Waals surface area (Å²) in [7, 11) is 1.51. The smallest absolute Gasteiger partial charge is 0.267 e. The highest BCUT2D eigenvalue weighted by Crippen LogP contribution is 2.14. The van der Waals surface area contributed by atoms with Crippen LogP contribution < -0.4 is 10.6 Å². The molecule has 0 saturated carbocycles. The summed E-state index contributed by atoms with van der Waals surface area (Å²) >= 11 is 0. The molecular formula is C11H16N2O2. The van der Waals surface area contributed by atoms with Crippen molar-refractivity contribution in [2.75, 3.05) is 7.05 Å². The van der Waals surface area contributed by atoms with Gasteiger partial charge in [0.25, 0.3) is 5.91 Å². The van der Waals surface area contributed by atoms with Crippen LogP contribution in [0.2, 0.25) is 0 Å². The topological polar surface area (TPSA) is 55.6 Å². The van der Waals surface area contributed by atoms with Gasteiger partial charge in [0, 0.05) is 12.6 Å². The summed E-state index contributed by atoms with van der Waals surface area (Å²) in [6.45, 7) is 3.90. The summed E-state index contributed by atoms with van der Waals surface area (Å²) in [5.41, 5.74) is 0.552. The Bertz CT molecular complexity index is 331. The molecule has 0 aliphatic rings. The molecule has 2 N–H and O–H groups in total. The lowest BCUT2D eigenvalue weighted by molar-refractivity contribution is 0.0795. The van der Waals surface area contributed by atoms with Gasteiger partial charge in [-0.25, -0.2) is 5.84 Å². The van der Waals surface area contributed by atoms with E-state index in [9.17, 15) is 4.79 Å². The molecular weight excluding hydrogens is 192 g/mol. The van der Waals surface area contributed by atoms with Crippen LogP contribution in [0.1, 0.15) is 24.2 Å². The number of nitrogens with zero attached hydrogens (tertiary/aromatic N) is 1. The Kier molecular flexibility index (Phi) is 3.68. The maximum absolute atomic E-state index is 11.4. The van der Waals surface area contributed by atoms with Crippen LogP contribution in [0.4, 0.5) is 0 Å². The van der Waals surface area contributed by atoms with Gasteiger partial charge in [0.1, 0.15) is 5.75 Å². The second-order valence-electron chi connectivity index (χ2n) is 3.61. The third-order valence-corrected chi connectivity index (χ3v) is 1.79. The average Bonchev–Trinajstić information content (AvgIpc) is 2.17. The molecule has 0 aliphatic carbocycles. The summed E-state index contributed by atoms with van der Waals surface area (Å²) in [6.07, 6.45) is 0.128. The quantitative estimate of drug-likeness (QED) is 0.464. The summed E-state index contributed by atoms with van der Waals surface area (Å²) in [5, 5.41) is 1.05. The Hall–Kier alpha value is -1.55. The number of amides is 1. The molecule has 1 rings (SSSR count). The van der Waals surface area contributed by atoms with Crippen LogP contribution in [0, 0.1) is 0 Å². The van der Waals surface area contributed by atoms with Gasteiger partial charge < -0.3 is 4.74 Å². The maximum atomic E-state index is 11.4. The van der Waals surface area contributed by atoms with Crippen molar-refractivity contribution in [3.05, 3.63) is 29.8 Å². The number of nitrogens with two attached hydrogens (primary N) is 1. The first-order chi connectivity index (χ1) is 7.00. The largest absolute Gasteiger partial charge is 0.491 e. The molecule has 82 valence electrons. The monoisotopic (exact) mass is 208 g/mol. The number of hydrazine groups is 1. The fraction of sp³-hybridized carbons (Fsp3) is 0.364. The molecule has 0 unspecified atom stereocenters. The van der Waals surface area contributed by atoms with Crippen molar-refractivity contribution in [3.8, 4) is 5.75 Å². The van der Waals surface area contributed by atoms with E-state index in [1.165, 1.54) is 7.05 Å². The van der Waals surface area contributed by atoms with E-state index in [0.717, 1.165) is 10.8 Å². The fourth-order valence-corrected chi connectivity index (χ4v) is 1.15. The number of carbonyl (C=O) groups excluding carboxylic acids is 1. The second kappa shape index (κ2) is 4.79. The normalized spacial score (nSPS) is 10.2. The van der Waals surface area contributed by atoms with E-state index in [0.29, 0.717) is 5.56 Å². The Morgan fingerprint density at radius 3 is 2.27 bits per heavy atom. The van der Waals surface area contributed by atoms with Crippen molar-refractivity contribution < 1.29 is 9.53 Å². The Labute approximate surface area is 89.6 Å².